The highest BCUT2D eigenvalue weighted by atomic mass is 16.2. The van der Waals surface area contributed by atoms with E-state index in [1.54, 1.807) is 9.80 Å². The van der Waals surface area contributed by atoms with Gasteiger partial charge in [0.25, 0.3) is 0 Å². The number of hydrogen-bond acceptors (Lipinski definition) is 3. The van der Waals surface area contributed by atoms with E-state index < -0.39 is 0 Å². The predicted octanol–water partition coefficient (Wildman–Crippen LogP) is 1.03. The molecule has 2 N–H and O–H groups in total. The average Bonchev–Trinajstić information content (AvgIpc) is 2.46. The second kappa shape index (κ2) is 6.72. The van der Waals surface area contributed by atoms with Crippen LogP contribution in [0.15, 0.2) is 18.2 Å². The summed E-state index contributed by atoms with van der Waals surface area (Å²) in [6.07, 6.45) is 0.874. The first-order valence-electron chi connectivity index (χ1n) is 7.39. The number of piperazine rings is 1. The van der Waals surface area contributed by atoms with Crippen molar-refractivity contribution in [3.05, 3.63) is 34.9 Å². The Morgan fingerprint density at radius 2 is 1.81 bits per heavy atom. The van der Waals surface area contributed by atoms with Crippen LogP contribution in [0.4, 0.5) is 0 Å². The van der Waals surface area contributed by atoms with Crippen LogP contribution in [-0.4, -0.2) is 41.2 Å². The number of rotatable bonds is 5. The number of carbonyl (C=O) groups excluding carboxylic acids is 2. The minimum atomic E-state index is 0.0188. The van der Waals surface area contributed by atoms with Crippen LogP contribution in [0.2, 0.25) is 0 Å². The molecule has 21 heavy (non-hydrogen) atoms. The van der Waals surface area contributed by atoms with E-state index in [0.717, 1.165) is 23.1 Å². The number of hydrogen-bond donors (Lipinski definition) is 1. The Hall–Kier alpha value is -1.88. The van der Waals surface area contributed by atoms with Crippen molar-refractivity contribution >= 4 is 11.8 Å². The van der Waals surface area contributed by atoms with Crippen LogP contribution in [0.25, 0.3) is 0 Å². The fourth-order valence-electron chi connectivity index (χ4n) is 2.59. The van der Waals surface area contributed by atoms with Gasteiger partial charge in [-0.1, -0.05) is 25.1 Å². The number of carbonyl (C=O) groups is 2. The molecule has 1 aromatic rings. The molecule has 0 unspecified atom stereocenters. The van der Waals surface area contributed by atoms with Crippen molar-refractivity contribution in [1.29, 1.82) is 0 Å². The van der Waals surface area contributed by atoms with Gasteiger partial charge in [0.05, 0.1) is 6.54 Å². The highest BCUT2D eigenvalue weighted by Gasteiger charge is 2.29. The van der Waals surface area contributed by atoms with Crippen LogP contribution < -0.4 is 5.73 Å². The van der Waals surface area contributed by atoms with Crippen molar-refractivity contribution in [2.75, 3.05) is 19.6 Å². The highest BCUT2D eigenvalue weighted by Crippen LogP contribution is 2.16. The largest absolute Gasteiger partial charge is 0.332 e. The number of amides is 2. The lowest BCUT2D eigenvalue weighted by Crippen LogP contribution is -2.53. The molecule has 0 atom stereocenters. The van der Waals surface area contributed by atoms with E-state index in [9.17, 15) is 9.59 Å². The standard InChI is InChI=1S/C16H23N3O2/c1-3-6-18-10-16(21)19(11-15(18)20)9-14-5-4-13(8-17)7-12(14)2/h4-5,7H,3,6,8-11,17H2,1-2H3. The summed E-state index contributed by atoms with van der Waals surface area (Å²) in [5.74, 6) is 0.0537. The Kier molecular flexibility index (Phi) is 4.96. The maximum atomic E-state index is 12.2. The molecule has 0 radical (unpaired) electrons. The third-order valence-corrected chi connectivity index (χ3v) is 3.86. The van der Waals surface area contributed by atoms with Gasteiger partial charge >= 0.3 is 0 Å². The van der Waals surface area contributed by atoms with E-state index in [2.05, 4.69) is 0 Å². The van der Waals surface area contributed by atoms with Gasteiger partial charge < -0.3 is 15.5 Å². The Bertz CT molecular complexity index is 542. The van der Waals surface area contributed by atoms with Crippen molar-refractivity contribution < 1.29 is 9.59 Å². The van der Waals surface area contributed by atoms with Gasteiger partial charge in [-0.2, -0.15) is 0 Å². The lowest BCUT2D eigenvalue weighted by atomic mass is 10.0. The number of nitrogens with two attached hydrogens (primary N) is 1. The average molecular weight is 289 g/mol. The topological polar surface area (TPSA) is 66.6 Å². The summed E-state index contributed by atoms with van der Waals surface area (Å²) in [6, 6.07) is 6.00. The molecular formula is C16H23N3O2. The van der Waals surface area contributed by atoms with Gasteiger partial charge in [0.15, 0.2) is 0 Å². The molecule has 1 heterocycles. The van der Waals surface area contributed by atoms with E-state index in [4.69, 9.17) is 5.73 Å². The van der Waals surface area contributed by atoms with Crippen molar-refractivity contribution in [3.8, 4) is 0 Å². The zero-order valence-corrected chi connectivity index (χ0v) is 12.8. The van der Waals surface area contributed by atoms with Gasteiger partial charge in [-0.25, -0.2) is 0 Å². The fraction of sp³-hybridized carbons (Fsp3) is 0.500. The summed E-state index contributed by atoms with van der Waals surface area (Å²) >= 11 is 0. The van der Waals surface area contributed by atoms with E-state index in [-0.39, 0.29) is 24.9 Å². The molecule has 1 saturated heterocycles. The Labute approximate surface area is 125 Å². The minimum absolute atomic E-state index is 0.0188. The highest BCUT2D eigenvalue weighted by molar-refractivity contribution is 5.92. The maximum absolute atomic E-state index is 12.2. The molecular weight excluding hydrogens is 266 g/mol. The molecule has 1 aliphatic heterocycles. The molecule has 0 bridgehead atoms. The zero-order chi connectivity index (χ0) is 15.4. The van der Waals surface area contributed by atoms with E-state index in [1.165, 1.54) is 0 Å². The molecule has 5 nitrogen and oxygen atoms in total. The summed E-state index contributed by atoms with van der Waals surface area (Å²) in [7, 11) is 0. The Balaban J connectivity index is 2.06. The van der Waals surface area contributed by atoms with Gasteiger partial charge in [0.2, 0.25) is 11.8 Å². The van der Waals surface area contributed by atoms with Gasteiger partial charge in [0, 0.05) is 19.6 Å². The first-order valence-corrected chi connectivity index (χ1v) is 7.39. The second-order valence-electron chi connectivity index (χ2n) is 5.53. The van der Waals surface area contributed by atoms with E-state index in [1.807, 2.05) is 32.0 Å². The van der Waals surface area contributed by atoms with Gasteiger partial charge in [-0.15, -0.1) is 0 Å². The number of nitrogens with zero attached hydrogens (tertiary/aromatic N) is 2. The molecule has 2 amide bonds. The molecule has 0 aliphatic carbocycles. The van der Waals surface area contributed by atoms with Crippen LogP contribution in [0, 0.1) is 6.92 Å². The molecule has 5 heteroatoms. The van der Waals surface area contributed by atoms with Crippen molar-refractivity contribution in [2.24, 2.45) is 5.73 Å². The molecule has 0 saturated carbocycles. The first-order chi connectivity index (χ1) is 10.0. The van der Waals surface area contributed by atoms with Crippen molar-refractivity contribution in [1.82, 2.24) is 9.80 Å². The smallest absolute Gasteiger partial charge is 0.242 e. The molecule has 114 valence electrons. The third kappa shape index (κ3) is 3.61. The van der Waals surface area contributed by atoms with Crippen LogP contribution in [0.5, 0.6) is 0 Å². The molecule has 1 fully saturated rings. The van der Waals surface area contributed by atoms with Gasteiger partial charge in [-0.05, 0) is 30.0 Å². The number of aryl methyl sites for hydroxylation is 1. The normalized spacial score (nSPS) is 15.8. The lowest BCUT2D eigenvalue weighted by Gasteiger charge is -2.34. The summed E-state index contributed by atoms with van der Waals surface area (Å²) in [6.45, 7) is 6.04. The molecule has 1 aliphatic rings. The molecule has 0 spiro atoms. The van der Waals surface area contributed by atoms with Crippen molar-refractivity contribution in [3.63, 3.8) is 0 Å². The van der Waals surface area contributed by atoms with Gasteiger partial charge in [-0.3, -0.25) is 9.59 Å². The lowest BCUT2D eigenvalue weighted by molar-refractivity contribution is -0.150. The maximum Gasteiger partial charge on any atom is 0.242 e. The van der Waals surface area contributed by atoms with E-state index >= 15 is 0 Å². The summed E-state index contributed by atoms with van der Waals surface area (Å²) < 4.78 is 0. The van der Waals surface area contributed by atoms with Crippen molar-refractivity contribution in [2.45, 2.75) is 33.4 Å². The van der Waals surface area contributed by atoms with Gasteiger partial charge in [0.1, 0.15) is 6.54 Å². The molecule has 0 aromatic heterocycles. The Morgan fingerprint density at radius 3 is 2.43 bits per heavy atom. The monoisotopic (exact) mass is 289 g/mol. The summed E-state index contributed by atoms with van der Waals surface area (Å²) in [4.78, 5) is 27.5. The molecule has 1 aromatic carbocycles. The predicted molar refractivity (Wildman–Crippen MR) is 81.4 cm³/mol. The summed E-state index contributed by atoms with van der Waals surface area (Å²) in [5.41, 5.74) is 8.87. The SMILES string of the molecule is CCCN1CC(=O)N(Cc2ccc(CN)cc2C)CC1=O. The Morgan fingerprint density at radius 1 is 1.14 bits per heavy atom. The second-order valence-corrected chi connectivity index (χ2v) is 5.53. The third-order valence-electron chi connectivity index (χ3n) is 3.86. The van der Waals surface area contributed by atoms with Crippen LogP contribution >= 0.6 is 0 Å². The minimum Gasteiger partial charge on any atom is -0.332 e. The summed E-state index contributed by atoms with van der Waals surface area (Å²) in [5, 5.41) is 0. The molecule has 2 rings (SSSR count). The fourth-order valence-corrected chi connectivity index (χ4v) is 2.59. The van der Waals surface area contributed by atoms with Crippen LogP contribution in [-0.2, 0) is 22.7 Å². The number of benzene rings is 1. The quantitative estimate of drug-likeness (QED) is 0.880. The van der Waals surface area contributed by atoms with Crippen LogP contribution in [0.1, 0.15) is 30.0 Å². The first kappa shape index (κ1) is 15.5. The zero-order valence-electron chi connectivity index (χ0n) is 12.8. The van der Waals surface area contributed by atoms with E-state index in [0.29, 0.717) is 19.6 Å². The van der Waals surface area contributed by atoms with Crippen LogP contribution in [0.3, 0.4) is 0 Å².